The number of ether oxygens (including phenoxy) is 1. The van der Waals surface area contributed by atoms with E-state index in [0.717, 1.165) is 0 Å². The van der Waals surface area contributed by atoms with E-state index in [-0.39, 0.29) is 11.4 Å². The zero-order valence-corrected chi connectivity index (χ0v) is 9.69. The SMILES string of the molecule is CC=CCOc1ncc(Br)cc1C(=O)O. The maximum Gasteiger partial charge on any atom is 0.341 e. The zero-order valence-electron chi connectivity index (χ0n) is 8.11. The van der Waals surface area contributed by atoms with E-state index in [1.165, 1.54) is 12.3 Å². The van der Waals surface area contributed by atoms with Crippen LogP contribution in [0.25, 0.3) is 0 Å². The molecule has 0 aliphatic carbocycles. The van der Waals surface area contributed by atoms with Crippen LogP contribution in [-0.2, 0) is 0 Å². The second kappa shape index (κ2) is 5.50. The lowest BCUT2D eigenvalue weighted by molar-refractivity contribution is 0.0691. The van der Waals surface area contributed by atoms with Crippen molar-refractivity contribution in [2.45, 2.75) is 6.92 Å². The summed E-state index contributed by atoms with van der Waals surface area (Å²) in [6.45, 7) is 2.17. The van der Waals surface area contributed by atoms with Crippen molar-refractivity contribution in [3.63, 3.8) is 0 Å². The minimum atomic E-state index is -1.06. The average molecular weight is 272 g/mol. The molecule has 15 heavy (non-hydrogen) atoms. The molecule has 0 radical (unpaired) electrons. The van der Waals surface area contributed by atoms with Gasteiger partial charge in [0.05, 0.1) is 0 Å². The quantitative estimate of drug-likeness (QED) is 0.855. The van der Waals surface area contributed by atoms with Crippen molar-refractivity contribution in [1.82, 2.24) is 4.98 Å². The molecule has 0 saturated carbocycles. The molecule has 0 aliphatic rings. The Labute approximate surface area is 95.7 Å². The topological polar surface area (TPSA) is 59.4 Å². The van der Waals surface area contributed by atoms with Gasteiger partial charge in [-0.05, 0) is 28.9 Å². The van der Waals surface area contributed by atoms with Crippen LogP contribution >= 0.6 is 15.9 Å². The lowest BCUT2D eigenvalue weighted by atomic mass is 10.3. The Morgan fingerprint density at radius 2 is 2.47 bits per heavy atom. The van der Waals surface area contributed by atoms with E-state index in [1.807, 2.05) is 13.0 Å². The normalized spacial score (nSPS) is 10.5. The monoisotopic (exact) mass is 271 g/mol. The summed E-state index contributed by atoms with van der Waals surface area (Å²) < 4.78 is 5.80. The number of allylic oxidation sites excluding steroid dienone is 1. The number of aromatic carboxylic acids is 1. The van der Waals surface area contributed by atoms with Gasteiger partial charge in [0.1, 0.15) is 12.2 Å². The molecule has 0 amide bonds. The Morgan fingerprint density at radius 3 is 3.07 bits per heavy atom. The highest BCUT2D eigenvalue weighted by molar-refractivity contribution is 9.10. The fraction of sp³-hybridized carbons (Fsp3) is 0.200. The first-order valence-corrected chi connectivity index (χ1v) is 5.07. The van der Waals surface area contributed by atoms with E-state index in [2.05, 4.69) is 20.9 Å². The van der Waals surface area contributed by atoms with Crippen LogP contribution in [-0.4, -0.2) is 22.7 Å². The second-order valence-electron chi connectivity index (χ2n) is 2.69. The third-order valence-electron chi connectivity index (χ3n) is 1.60. The van der Waals surface area contributed by atoms with Gasteiger partial charge in [-0.15, -0.1) is 0 Å². The number of nitrogens with zero attached hydrogens (tertiary/aromatic N) is 1. The average Bonchev–Trinajstić information content (AvgIpc) is 2.20. The molecule has 80 valence electrons. The van der Waals surface area contributed by atoms with Crippen LogP contribution in [0, 0.1) is 0 Å². The fourth-order valence-electron chi connectivity index (χ4n) is 0.918. The molecule has 1 aromatic rings. The van der Waals surface area contributed by atoms with E-state index in [0.29, 0.717) is 11.1 Å². The lowest BCUT2D eigenvalue weighted by Gasteiger charge is -2.05. The zero-order chi connectivity index (χ0) is 11.3. The van der Waals surface area contributed by atoms with Crippen LogP contribution in [0.1, 0.15) is 17.3 Å². The summed E-state index contributed by atoms with van der Waals surface area (Å²) in [4.78, 5) is 14.7. The van der Waals surface area contributed by atoms with Crippen LogP contribution < -0.4 is 4.74 Å². The highest BCUT2D eigenvalue weighted by Gasteiger charge is 2.12. The highest BCUT2D eigenvalue weighted by atomic mass is 79.9. The standard InChI is InChI=1S/C10H10BrNO3/c1-2-3-4-15-9-8(10(13)14)5-7(11)6-12-9/h2-3,5-6H,4H2,1H3,(H,13,14). The predicted octanol–water partition coefficient (Wildman–Crippen LogP) is 2.50. The number of carbonyl (C=O) groups is 1. The highest BCUT2D eigenvalue weighted by Crippen LogP contribution is 2.19. The molecule has 0 aromatic carbocycles. The Morgan fingerprint density at radius 1 is 1.73 bits per heavy atom. The van der Waals surface area contributed by atoms with E-state index in [1.54, 1.807) is 6.08 Å². The summed E-state index contributed by atoms with van der Waals surface area (Å²) in [7, 11) is 0. The Kier molecular flexibility index (Phi) is 4.30. The predicted molar refractivity (Wildman–Crippen MR) is 59.2 cm³/mol. The largest absolute Gasteiger partial charge is 0.477 e. The van der Waals surface area contributed by atoms with Gasteiger partial charge in [-0.2, -0.15) is 0 Å². The number of hydrogen-bond acceptors (Lipinski definition) is 3. The number of hydrogen-bond donors (Lipinski definition) is 1. The first kappa shape index (κ1) is 11.7. The number of carboxylic acid groups (broad SMARTS) is 1. The van der Waals surface area contributed by atoms with Crippen molar-refractivity contribution in [1.29, 1.82) is 0 Å². The van der Waals surface area contributed by atoms with Gasteiger partial charge in [-0.25, -0.2) is 9.78 Å². The van der Waals surface area contributed by atoms with Crippen molar-refractivity contribution in [3.05, 3.63) is 34.5 Å². The van der Waals surface area contributed by atoms with E-state index >= 15 is 0 Å². The number of pyridine rings is 1. The maximum absolute atomic E-state index is 10.8. The van der Waals surface area contributed by atoms with Gasteiger partial charge in [0.2, 0.25) is 5.88 Å². The van der Waals surface area contributed by atoms with Crippen LogP contribution in [0.5, 0.6) is 5.88 Å². The van der Waals surface area contributed by atoms with E-state index in [4.69, 9.17) is 9.84 Å². The van der Waals surface area contributed by atoms with Gasteiger partial charge in [-0.1, -0.05) is 12.2 Å². The van der Waals surface area contributed by atoms with Crippen LogP contribution in [0.4, 0.5) is 0 Å². The van der Waals surface area contributed by atoms with Crippen molar-refractivity contribution in [2.75, 3.05) is 6.61 Å². The molecule has 4 nitrogen and oxygen atoms in total. The third-order valence-corrected chi connectivity index (χ3v) is 2.03. The number of carboxylic acids is 1. The van der Waals surface area contributed by atoms with Crippen LogP contribution in [0.3, 0.4) is 0 Å². The number of rotatable bonds is 4. The molecule has 0 unspecified atom stereocenters. The van der Waals surface area contributed by atoms with Crippen LogP contribution in [0.2, 0.25) is 0 Å². The van der Waals surface area contributed by atoms with Crippen molar-refractivity contribution < 1.29 is 14.6 Å². The Balaban J connectivity index is 2.90. The van der Waals surface area contributed by atoms with Crippen molar-refractivity contribution in [3.8, 4) is 5.88 Å². The molecular formula is C10H10BrNO3. The summed E-state index contributed by atoms with van der Waals surface area (Å²) in [5.41, 5.74) is 0.0499. The van der Waals surface area contributed by atoms with E-state index in [9.17, 15) is 4.79 Å². The minimum Gasteiger partial charge on any atom is -0.477 e. The molecule has 0 saturated heterocycles. The van der Waals surface area contributed by atoms with E-state index < -0.39 is 5.97 Å². The molecule has 0 spiro atoms. The number of aromatic nitrogens is 1. The molecule has 1 aromatic heterocycles. The molecule has 0 aliphatic heterocycles. The molecule has 0 fully saturated rings. The first-order chi connectivity index (χ1) is 7.15. The molecule has 0 bridgehead atoms. The van der Waals surface area contributed by atoms with Gasteiger partial charge >= 0.3 is 5.97 Å². The molecule has 5 heteroatoms. The third kappa shape index (κ3) is 3.36. The lowest BCUT2D eigenvalue weighted by Crippen LogP contribution is -2.05. The van der Waals surface area contributed by atoms with Crippen LogP contribution in [0.15, 0.2) is 28.9 Å². The fourth-order valence-corrected chi connectivity index (χ4v) is 1.25. The molecule has 1 heterocycles. The summed E-state index contributed by atoms with van der Waals surface area (Å²) in [6, 6.07) is 1.46. The summed E-state index contributed by atoms with van der Waals surface area (Å²) in [6.07, 6.45) is 5.09. The summed E-state index contributed by atoms with van der Waals surface area (Å²) in [5.74, 6) is -0.928. The second-order valence-corrected chi connectivity index (χ2v) is 3.61. The van der Waals surface area contributed by atoms with Crippen molar-refractivity contribution >= 4 is 21.9 Å². The number of halogens is 1. The smallest absolute Gasteiger partial charge is 0.341 e. The van der Waals surface area contributed by atoms with Crippen molar-refractivity contribution in [2.24, 2.45) is 0 Å². The Bertz CT molecular complexity index is 390. The minimum absolute atomic E-state index is 0.0499. The Hall–Kier alpha value is -1.36. The molecular weight excluding hydrogens is 262 g/mol. The van der Waals surface area contributed by atoms with Gasteiger partial charge in [-0.3, -0.25) is 0 Å². The van der Waals surface area contributed by atoms with Gasteiger partial charge < -0.3 is 9.84 Å². The van der Waals surface area contributed by atoms with Gasteiger partial charge in [0, 0.05) is 10.7 Å². The summed E-state index contributed by atoms with van der Waals surface area (Å²) >= 11 is 3.15. The molecule has 1 N–H and O–H groups in total. The molecule has 0 atom stereocenters. The molecule has 1 rings (SSSR count). The maximum atomic E-state index is 10.8. The van der Waals surface area contributed by atoms with Gasteiger partial charge in [0.25, 0.3) is 0 Å². The first-order valence-electron chi connectivity index (χ1n) is 4.28. The van der Waals surface area contributed by atoms with Gasteiger partial charge in [0.15, 0.2) is 0 Å². The summed E-state index contributed by atoms with van der Waals surface area (Å²) in [5, 5.41) is 8.89.